The molecule has 4 heteroatoms. The highest BCUT2D eigenvalue weighted by Crippen LogP contribution is 2.28. The van der Waals surface area contributed by atoms with E-state index in [-0.39, 0.29) is 0 Å². The molecule has 0 radical (unpaired) electrons. The van der Waals surface area contributed by atoms with Crippen molar-refractivity contribution in [2.75, 3.05) is 0 Å². The van der Waals surface area contributed by atoms with E-state index >= 15 is 0 Å². The Balaban J connectivity index is 1.41. The minimum Gasteiger partial charge on any atom is -0.264 e. The van der Waals surface area contributed by atoms with E-state index in [1.165, 1.54) is 5.39 Å². The van der Waals surface area contributed by atoms with Crippen molar-refractivity contribution in [1.29, 1.82) is 0 Å². The van der Waals surface area contributed by atoms with Crippen LogP contribution in [0.2, 0.25) is 0 Å². The SMILES string of the molecule is c1ccc2nc(-c3ccc4cc(-c5ccc6cnccc6c5)cnc4c3)cnc2c1. The van der Waals surface area contributed by atoms with Crippen molar-refractivity contribution in [1.82, 2.24) is 19.9 Å². The molecule has 0 spiro atoms. The van der Waals surface area contributed by atoms with Gasteiger partial charge in [-0.15, -0.1) is 0 Å². The fourth-order valence-electron chi connectivity index (χ4n) is 3.80. The lowest BCUT2D eigenvalue weighted by molar-refractivity contribution is 1.29. The molecule has 0 aliphatic rings. The first kappa shape index (κ1) is 16.7. The first-order valence-electron chi connectivity index (χ1n) is 9.80. The van der Waals surface area contributed by atoms with Crippen molar-refractivity contribution in [3.63, 3.8) is 0 Å². The van der Waals surface area contributed by atoms with Crippen molar-refractivity contribution >= 4 is 32.7 Å². The first-order valence-corrected chi connectivity index (χ1v) is 9.80. The van der Waals surface area contributed by atoms with E-state index in [4.69, 9.17) is 9.97 Å². The van der Waals surface area contributed by atoms with Crippen LogP contribution in [0.5, 0.6) is 0 Å². The van der Waals surface area contributed by atoms with Crippen molar-refractivity contribution in [2.24, 2.45) is 0 Å². The summed E-state index contributed by atoms with van der Waals surface area (Å²) < 4.78 is 0. The third-order valence-electron chi connectivity index (χ3n) is 5.40. The second-order valence-electron chi connectivity index (χ2n) is 7.31. The molecule has 3 aromatic heterocycles. The highest BCUT2D eigenvalue weighted by Gasteiger charge is 2.07. The molecule has 4 nitrogen and oxygen atoms in total. The summed E-state index contributed by atoms with van der Waals surface area (Å²) in [7, 11) is 0. The van der Waals surface area contributed by atoms with Crippen LogP contribution >= 0.6 is 0 Å². The van der Waals surface area contributed by atoms with Crippen LogP contribution in [0.1, 0.15) is 0 Å². The minimum atomic E-state index is 0.851. The molecule has 3 heterocycles. The van der Waals surface area contributed by atoms with Gasteiger partial charge in [-0.3, -0.25) is 15.0 Å². The zero-order valence-electron chi connectivity index (χ0n) is 16.0. The van der Waals surface area contributed by atoms with Crippen molar-refractivity contribution in [2.45, 2.75) is 0 Å². The molecule has 0 amide bonds. The normalized spacial score (nSPS) is 11.3. The molecule has 140 valence electrons. The topological polar surface area (TPSA) is 51.6 Å². The Morgan fingerprint density at radius 1 is 0.500 bits per heavy atom. The monoisotopic (exact) mass is 384 g/mol. The lowest BCUT2D eigenvalue weighted by Crippen LogP contribution is -1.89. The van der Waals surface area contributed by atoms with Gasteiger partial charge < -0.3 is 0 Å². The van der Waals surface area contributed by atoms with E-state index in [1.807, 2.05) is 55.1 Å². The number of nitrogens with zero attached hydrogens (tertiary/aromatic N) is 4. The fourth-order valence-corrected chi connectivity index (χ4v) is 3.80. The maximum atomic E-state index is 4.75. The summed E-state index contributed by atoms with van der Waals surface area (Å²) in [6.07, 6.45) is 7.46. The van der Waals surface area contributed by atoms with Gasteiger partial charge in [0.15, 0.2) is 0 Å². The Labute approximate surface area is 172 Å². The number of hydrogen-bond donors (Lipinski definition) is 0. The summed E-state index contributed by atoms with van der Waals surface area (Å²) in [5.41, 5.74) is 6.84. The van der Waals surface area contributed by atoms with Crippen molar-refractivity contribution in [3.05, 3.63) is 97.6 Å². The molecule has 0 N–H and O–H groups in total. The summed E-state index contributed by atoms with van der Waals surface area (Å²) in [4.78, 5) is 18.2. The Hall–Kier alpha value is -4.18. The molecule has 0 saturated heterocycles. The maximum absolute atomic E-state index is 4.75. The van der Waals surface area contributed by atoms with Crippen LogP contribution in [0.25, 0.3) is 55.1 Å². The van der Waals surface area contributed by atoms with Crippen LogP contribution < -0.4 is 0 Å². The van der Waals surface area contributed by atoms with E-state index in [2.05, 4.69) is 52.4 Å². The predicted octanol–water partition coefficient (Wildman–Crippen LogP) is 6.06. The molecule has 0 unspecified atom stereocenters. The van der Waals surface area contributed by atoms with Gasteiger partial charge in [0.2, 0.25) is 0 Å². The third-order valence-corrected chi connectivity index (χ3v) is 5.40. The summed E-state index contributed by atoms with van der Waals surface area (Å²) in [5, 5.41) is 3.41. The van der Waals surface area contributed by atoms with Crippen molar-refractivity contribution in [3.8, 4) is 22.4 Å². The quantitative estimate of drug-likeness (QED) is 0.364. The zero-order valence-corrected chi connectivity index (χ0v) is 16.0. The summed E-state index contributed by atoms with van der Waals surface area (Å²) in [6, 6.07) is 24.8. The molecule has 30 heavy (non-hydrogen) atoms. The van der Waals surface area contributed by atoms with Crippen LogP contribution in [0.3, 0.4) is 0 Å². The Kier molecular flexibility index (Phi) is 3.74. The van der Waals surface area contributed by atoms with E-state index in [1.54, 1.807) is 0 Å². The maximum Gasteiger partial charge on any atom is 0.0894 e. The van der Waals surface area contributed by atoms with Gasteiger partial charge in [-0.05, 0) is 47.3 Å². The third kappa shape index (κ3) is 2.86. The van der Waals surface area contributed by atoms with E-state index in [9.17, 15) is 0 Å². The summed E-state index contributed by atoms with van der Waals surface area (Å²) in [5.74, 6) is 0. The van der Waals surface area contributed by atoms with Gasteiger partial charge in [-0.1, -0.05) is 36.4 Å². The largest absolute Gasteiger partial charge is 0.264 e. The molecular weight excluding hydrogens is 368 g/mol. The molecule has 0 aliphatic carbocycles. The zero-order chi connectivity index (χ0) is 19.9. The molecule has 0 saturated carbocycles. The second kappa shape index (κ2) is 6.71. The molecular formula is C26H16N4. The van der Waals surface area contributed by atoms with Crippen LogP contribution in [0, 0.1) is 0 Å². The molecule has 0 atom stereocenters. The molecule has 0 bridgehead atoms. The van der Waals surface area contributed by atoms with Crippen LogP contribution in [0.4, 0.5) is 0 Å². The van der Waals surface area contributed by atoms with E-state index < -0.39 is 0 Å². The van der Waals surface area contributed by atoms with Crippen LogP contribution in [-0.2, 0) is 0 Å². The summed E-state index contributed by atoms with van der Waals surface area (Å²) in [6.45, 7) is 0. The average molecular weight is 384 g/mol. The average Bonchev–Trinajstić information content (AvgIpc) is 2.83. The Morgan fingerprint density at radius 2 is 1.30 bits per heavy atom. The Bertz CT molecular complexity index is 1440. The van der Waals surface area contributed by atoms with Crippen LogP contribution in [-0.4, -0.2) is 19.9 Å². The summed E-state index contributed by atoms with van der Waals surface area (Å²) >= 11 is 0. The fraction of sp³-hybridized carbons (Fsp3) is 0. The number of pyridine rings is 2. The van der Waals surface area contributed by atoms with Crippen LogP contribution in [0.15, 0.2) is 97.6 Å². The number of aromatic nitrogens is 4. The standard InChI is InChI=1S/C26H16N4/c1-2-4-24-23(3-1)29-16-26(30-24)20-7-6-19-12-22(15-28-25(19)13-20)17-5-8-21-14-27-10-9-18(21)11-17/h1-16H. The highest BCUT2D eigenvalue weighted by molar-refractivity contribution is 5.90. The lowest BCUT2D eigenvalue weighted by atomic mass is 10.0. The number of para-hydroxylation sites is 2. The molecule has 0 aliphatic heterocycles. The smallest absolute Gasteiger partial charge is 0.0894 e. The van der Waals surface area contributed by atoms with E-state index in [0.29, 0.717) is 0 Å². The number of hydrogen-bond acceptors (Lipinski definition) is 4. The molecule has 0 fully saturated rings. The highest BCUT2D eigenvalue weighted by atomic mass is 14.8. The van der Waals surface area contributed by atoms with Crippen molar-refractivity contribution < 1.29 is 0 Å². The first-order chi connectivity index (χ1) is 14.8. The van der Waals surface area contributed by atoms with Gasteiger partial charge in [-0.25, -0.2) is 4.98 Å². The molecule has 3 aromatic carbocycles. The predicted molar refractivity (Wildman–Crippen MR) is 121 cm³/mol. The van der Waals surface area contributed by atoms with Gasteiger partial charge in [0.05, 0.1) is 28.4 Å². The van der Waals surface area contributed by atoms with Gasteiger partial charge in [0.25, 0.3) is 0 Å². The second-order valence-corrected chi connectivity index (χ2v) is 7.31. The number of benzene rings is 3. The number of rotatable bonds is 2. The van der Waals surface area contributed by atoms with E-state index in [0.717, 1.165) is 49.7 Å². The number of fused-ring (bicyclic) bond motifs is 3. The van der Waals surface area contributed by atoms with Gasteiger partial charge >= 0.3 is 0 Å². The van der Waals surface area contributed by atoms with Gasteiger partial charge in [0, 0.05) is 40.5 Å². The molecule has 6 aromatic rings. The van der Waals surface area contributed by atoms with Gasteiger partial charge in [-0.2, -0.15) is 0 Å². The minimum absolute atomic E-state index is 0.851. The van der Waals surface area contributed by atoms with Gasteiger partial charge in [0.1, 0.15) is 0 Å². The molecule has 6 rings (SSSR count). The lowest BCUT2D eigenvalue weighted by Gasteiger charge is -2.07. The Morgan fingerprint density at radius 3 is 2.27 bits per heavy atom.